The summed E-state index contributed by atoms with van der Waals surface area (Å²) in [4.78, 5) is 17.8. The maximum Gasteiger partial charge on any atom is 0.315 e. The normalized spacial score (nSPS) is 18.1. The molecule has 5 heteroatoms. The number of rotatable bonds is 3. The first-order valence-corrected chi connectivity index (χ1v) is 8.42. The molecule has 0 saturated heterocycles. The number of carbonyl (C=O) groups is 1. The van der Waals surface area contributed by atoms with Crippen molar-refractivity contribution in [1.29, 1.82) is 0 Å². The zero-order chi connectivity index (χ0) is 15.4. The van der Waals surface area contributed by atoms with Crippen LogP contribution in [0.2, 0.25) is 0 Å². The van der Waals surface area contributed by atoms with Crippen LogP contribution in [-0.2, 0) is 0 Å². The van der Waals surface area contributed by atoms with Crippen LogP contribution in [-0.4, -0.2) is 16.8 Å². The fraction of sp³-hybridized carbons (Fsp3) is 0.294. The average Bonchev–Trinajstić information content (AvgIpc) is 2.56. The van der Waals surface area contributed by atoms with Gasteiger partial charge in [0.2, 0.25) is 0 Å². The Morgan fingerprint density at radius 3 is 2.91 bits per heavy atom. The number of pyridine rings is 1. The zero-order valence-electron chi connectivity index (χ0n) is 12.5. The first-order chi connectivity index (χ1) is 10.7. The Morgan fingerprint density at radius 2 is 2.09 bits per heavy atom. The summed E-state index contributed by atoms with van der Waals surface area (Å²) in [7, 11) is 0. The van der Waals surface area contributed by atoms with Gasteiger partial charge >= 0.3 is 6.03 Å². The fourth-order valence-corrected chi connectivity index (χ4v) is 3.72. The summed E-state index contributed by atoms with van der Waals surface area (Å²) < 4.78 is 0. The van der Waals surface area contributed by atoms with E-state index in [-0.39, 0.29) is 18.1 Å². The lowest BCUT2D eigenvalue weighted by molar-refractivity contribution is 0.233. The number of nitrogens with zero attached hydrogens (tertiary/aromatic N) is 1. The van der Waals surface area contributed by atoms with Crippen molar-refractivity contribution in [2.75, 3.05) is 5.75 Å². The van der Waals surface area contributed by atoms with Gasteiger partial charge in [0, 0.05) is 16.8 Å². The molecular weight excluding hydrogens is 294 g/mol. The molecule has 0 aliphatic carbocycles. The van der Waals surface area contributed by atoms with Crippen molar-refractivity contribution >= 4 is 17.8 Å². The molecule has 2 N–H and O–H groups in total. The number of thioether (sulfide) groups is 1. The number of fused-ring (bicyclic) bond motifs is 1. The number of amides is 2. The van der Waals surface area contributed by atoms with E-state index in [1.54, 1.807) is 6.20 Å². The van der Waals surface area contributed by atoms with Crippen LogP contribution in [0.4, 0.5) is 4.79 Å². The van der Waals surface area contributed by atoms with Crippen LogP contribution in [0, 0.1) is 0 Å². The summed E-state index contributed by atoms with van der Waals surface area (Å²) in [6.07, 6.45) is 2.69. The number of benzene rings is 1. The van der Waals surface area contributed by atoms with E-state index in [4.69, 9.17) is 0 Å². The minimum Gasteiger partial charge on any atom is -0.331 e. The van der Waals surface area contributed by atoms with Crippen molar-refractivity contribution in [1.82, 2.24) is 15.6 Å². The molecule has 0 bridgehead atoms. The molecule has 1 aromatic heterocycles. The third-order valence-corrected chi connectivity index (χ3v) is 4.87. The molecule has 4 nitrogen and oxygen atoms in total. The van der Waals surface area contributed by atoms with E-state index in [2.05, 4.69) is 27.8 Å². The van der Waals surface area contributed by atoms with Crippen molar-refractivity contribution in [3.05, 3.63) is 59.9 Å². The summed E-state index contributed by atoms with van der Waals surface area (Å²) in [5.41, 5.74) is 2.07. The minimum absolute atomic E-state index is 0.0772. The van der Waals surface area contributed by atoms with Gasteiger partial charge in [-0.15, -0.1) is 11.8 Å². The van der Waals surface area contributed by atoms with Crippen LogP contribution in [0.5, 0.6) is 0 Å². The molecule has 0 unspecified atom stereocenters. The van der Waals surface area contributed by atoms with Crippen LogP contribution in [0.25, 0.3) is 0 Å². The third kappa shape index (κ3) is 3.42. The third-order valence-electron chi connectivity index (χ3n) is 3.74. The fourth-order valence-electron chi connectivity index (χ4n) is 2.59. The molecule has 0 fully saturated rings. The van der Waals surface area contributed by atoms with E-state index < -0.39 is 0 Å². The number of carbonyl (C=O) groups excluding carboxylic acids is 1. The topological polar surface area (TPSA) is 54.0 Å². The molecule has 2 atom stereocenters. The lowest BCUT2D eigenvalue weighted by Gasteiger charge is -2.26. The van der Waals surface area contributed by atoms with E-state index in [9.17, 15) is 4.79 Å². The zero-order valence-corrected chi connectivity index (χ0v) is 13.3. The van der Waals surface area contributed by atoms with Gasteiger partial charge in [-0.25, -0.2) is 4.79 Å². The summed E-state index contributed by atoms with van der Waals surface area (Å²) in [5.74, 6) is 1.03. The Morgan fingerprint density at radius 1 is 1.27 bits per heavy atom. The standard InChI is InChI=1S/C17H19N3OS/c1-12(14-7-4-5-10-18-14)19-17(21)20-15-9-11-22-16-8-3-2-6-13(15)16/h2-8,10,12,15H,9,11H2,1H3,(H2,19,20,21)/t12-,15-/m0/s1. The second-order valence-corrected chi connectivity index (χ2v) is 6.46. The van der Waals surface area contributed by atoms with E-state index >= 15 is 0 Å². The molecule has 114 valence electrons. The molecule has 22 heavy (non-hydrogen) atoms. The largest absolute Gasteiger partial charge is 0.331 e. The number of urea groups is 1. The molecule has 1 aliphatic rings. The first kappa shape index (κ1) is 14.9. The van der Waals surface area contributed by atoms with Crippen molar-refractivity contribution < 1.29 is 4.79 Å². The van der Waals surface area contributed by atoms with Gasteiger partial charge in [0.15, 0.2) is 0 Å². The lowest BCUT2D eigenvalue weighted by Crippen LogP contribution is -2.40. The monoisotopic (exact) mass is 313 g/mol. The Bertz CT molecular complexity index is 647. The molecule has 0 spiro atoms. The van der Waals surface area contributed by atoms with Crippen LogP contribution >= 0.6 is 11.8 Å². The summed E-state index contributed by atoms with van der Waals surface area (Å²) in [6, 6.07) is 13.8. The van der Waals surface area contributed by atoms with Gasteiger partial charge in [-0.2, -0.15) is 0 Å². The second kappa shape index (κ2) is 6.83. The van der Waals surface area contributed by atoms with Crippen molar-refractivity contribution in [2.24, 2.45) is 0 Å². The maximum atomic E-state index is 12.2. The minimum atomic E-state index is -0.148. The molecular formula is C17H19N3OS. The van der Waals surface area contributed by atoms with Crippen LogP contribution < -0.4 is 10.6 Å². The Labute approximate surface area is 134 Å². The van der Waals surface area contributed by atoms with E-state index in [0.29, 0.717) is 0 Å². The summed E-state index contributed by atoms with van der Waals surface area (Å²) in [5, 5.41) is 6.04. The SMILES string of the molecule is C[C@H](NC(=O)N[C@H]1CCSc2ccccc21)c1ccccn1. The highest BCUT2D eigenvalue weighted by Crippen LogP contribution is 2.35. The lowest BCUT2D eigenvalue weighted by atomic mass is 10.0. The van der Waals surface area contributed by atoms with E-state index in [1.165, 1.54) is 10.5 Å². The highest BCUT2D eigenvalue weighted by molar-refractivity contribution is 7.99. The average molecular weight is 313 g/mol. The summed E-state index contributed by atoms with van der Waals surface area (Å²) in [6.45, 7) is 1.94. The quantitative estimate of drug-likeness (QED) is 0.909. The summed E-state index contributed by atoms with van der Waals surface area (Å²) >= 11 is 1.85. The van der Waals surface area contributed by atoms with Gasteiger partial charge in [0.05, 0.1) is 17.8 Å². The van der Waals surface area contributed by atoms with E-state index in [0.717, 1.165) is 17.9 Å². The van der Waals surface area contributed by atoms with Gasteiger partial charge in [-0.05, 0) is 37.1 Å². The number of hydrogen-bond acceptors (Lipinski definition) is 3. The Hall–Kier alpha value is -2.01. The molecule has 1 aliphatic heterocycles. The number of aromatic nitrogens is 1. The van der Waals surface area contributed by atoms with Gasteiger partial charge in [0.1, 0.15) is 0 Å². The van der Waals surface area contributed by atoms with Crippen LogP contribution in [0.3, 0.4) is 0 Å². The highest BCUT2D eigenvalue weighted by atomic mass is 32.2. The molecule has 0 radical (unpaired) electrons. The van der Waals surface area contributed by atoms with E-state index in [1.807, 2.05) is 49.0 Å². The van der Waals surface area contributed by atoms with Gasteiger partial charge in [-0.3, -0.25) is 4.98 Å². The molecule has 2 aromatic rings. The van der Waals surface area contributed by atoms with Gasteiger partial charge < -0.3 is 10.6 Å². The molecule has 3 rings (SSSR count). The molecule has 0 saturated carbocycles. The highest BCUT2D eigenvalue weighted by Gasteiger charge is 2.22. The number of hydrogen-bond donors (Lipinski definition) is 2. The molecule has 2 heterocycles. The second-order valence-electron chi connectivity index (χ2n) is 5.32. The first-order valence-electron chi connectivity index (χ1n) is 7.44. The smallest absolute Gasteiger partial charge is 0.315 e. The predicted molar refractivity (Wildman–Crippen MR) is 88.8 cm³/mol. The van der Waals surface area contributed by atoms with Gasteiger partial charge in [-0.1, -0.05) is 24.3 Å². The van der Waals surface area contributed by atoms with Crippen molar-refractivity contribution in [2.45, 2.75) is 30.3 Å². The molecule has 1 aromatic carbocycles. The van der Waals surface area contributed by atoms with Gasteiger partial charge in [0.25, 0.3) is 0 Å². The Balaban J connectivity index is 1.63. The predicted octanol–water partition coefficient (Wildman–Crippen LogP) is 3.68. The Kier molecular flexibility index (Phi) is 4.63. The van der Waals surface area contributed by atoms with Crippen molar-refractivity contribution in [3.63, 3.8) is 0 Å². The van der Waals surface area contributed by atoms with Crippen LogP contribution in [0.1, 0.15) is 36.7 Å². The van der Waals surface area contributed by atoms with Crippen molar-refractivity contribution in [3.8, 4) is 0 Å². The van der Waals surface area contributed by atoms with Crippen LogP contribution in [0.15, 0.2) is 53.6 Å². The maximum absolute atomic E-state index is 12.2. The molecule has 2 amide bonds. The number of nitrogens with one attached hydrogen (secondary N) is 2.